The van der Waals surface area contributed by atoms with Crippen molar-refractivity contribution in [3.63, 3.8) is 0 Å². The predicted molar refractivity (Wildman–Crippen MR) is 399 cm³/mol. The lowest BCUT2D eigenvalue weighted by Gasteiger charge is -2.21. The molecular weight excluding hydrogens is 1280 g/mol. The summed E-state index contributed by atoms with van der Waals surface area (Å²) in [6.45, 7) is 4.55. The van der Waals surface area contributed by atoms with Gasteiger partial charge in [-0.1, -0.05) is 311 Å². The number of rotatable bonds is 72. The quantitative estimate of drug-likeness (QED) is 0.0169. The number of carbonyl (C=O) groups is 4. The second-order valence-electron chi connectivity index (χ2n) is 25.6. The Kier molecular flexibility index (Phi) is 68.4. The molecule has 566 valence electrons. The van der Waals surface area contributed by atoms with E-state index in [0.29, 0.717) is 25.7 Å². The summed E-state index contributed by atoms with van der Waals surface area (Å²) in [6.07, 6.45) is 74.2. The van der Waals surface area contributed by atoms with Crippen LogP contribution in [-0.2, 0) is 65.4 Å². The average Bonchev–Trinajstić information content (AvgIpc) is 0.959. The van der Waals surface area contributed by atoms with Gasteiger partial charge in [0.25, 0.3) is 0 Å². The highest BCUT2D eigenvalue weighted by molar-refractivity contribution is 7.47. The van der Waals surface area contributed by atoms with Gasteiger partial charge in [-0.2, -0.15) is 0 Å². The molecule has 0 aromatic carbocycles. The molecule has 0 aromatic heterocycles. The summed E-state index contributed by atoms with van der Waals surface area (Å²) in [6, 6.07) is 0. The molecule has 0 saturated heterocycles. The number of hydrogen-bond donors (Lipinski definition) is 3. The van der Waals surface area contributed by atoms with E-state index in [-0.39, 0.29) is 25.7 Å². The summed E-state index contributed by atoms with van der Waals surface area (Å²) in [4.78, 5) is 72.8. The van der Waals surface area contributed by atoms with E-state index in [9.17, 15) is 43.2 Å². The van der Waals surface area contributed by atoms with Crippen molar-refractivity contribution in [2.45, 2.75) is 341 Å². The molecule has 5 atom stereocenters. The minimum Gasteiger partial charge on any atom is -0.462 e. The van der Waals surface area contributed by atoms with Crippen molar-refractivity contribution < 1.29 is 80.2 Å². The van der Waals surface area contributed by atoms with E-state index in [1.54, 1.807) is 6.08 Å². The van der Waals surface area contributed by atoms with Gasteiger partial charge in [0, 0.05) is 19.3 Å². The van der Waals surface area contributed by atoms with Crippen LogP contribution < -0.4 is 0 Å². The molecule has 5 unspecified atom stereocenters. The Hall–Kier alpha value is -4.02. The normalized spacial score (nSPS) is 14.5. The van der Waals surface area contributed by atoms with Gasteiger partial charge in [-0.25, -0.2) is 9.13 Å². The number of aliphatic hydroxyl groups is 1. The van der Waals surface area contributed by atoms with Crippen molar-refractivity contribution in [1.29, 1.82) is 0 Å². The van der Waals surface area contributed by atoms with Gasteiger partial charge in [0.1, 0.15) is 19.3 Å². The van der Waals surface area contributed by atoms with Gasteiger partial charge in [-0.15, -0.1) is 0 Å². The molecule has 0 saturated carbocycles. The zero-order chi connectivity index (χ0) is 71.8. The fraction of sp³-hybridized carbons (Fsp3) is 0.747. The lowest BCUT2D eigenvalue weighted by molar-refractivity contribution is -0.161. The first kappa shape index (κ1) is 94.0. The van der Waals surface area contributed by atoms with Gasteiger partial charge < -0.3 is 33.8 Å². The first-order valence-electron chi connectivity index (χ1n) is 38.5. The smallest absolute Gasteiger partial charge is 0.462 e. The van der Waals surface area contributed by atoms with Crippen LogP contribution in [0.1, 0.15) is 323 Å². The standard InChI is InChI=1S/C79H138O17P2/c1-5-9-13-17-21-25-29-33-36-40-43-47-51-55-59-63-76(81)89-69-74(95-78(83)65-61-57-53-49-45-39-32-28-24-20-16-12-8-4)71-93-97(85,86)91-67-73(80)68-92-98(87,88)94-72-75(96-79(84)66-62-58-54-50-46-42-38-35-31-27-23-19-15-11-7-3)70-90-77(82)64-60-56-52-48-44-41-37-34-30-26-22-18-14-10-6-2/h9-10,13-14,21-22,25-26,33-34,36-37,43,47,55,59,73-75,80H,5-8,11-12,15-20,23-24,27-32,35,38-42,44-46,48-54,56-58,60-72H2,1-4H3,(H,85,86)(H,87,88)/b13-9-,14-10-,25-21-,26-22-,36-33-,37-34-,47-43-,59-55-. The monoisotopic (exact) mass is 1420 g/mol. The van der Waals surface area contributed by atoms with Gasteiger partial charge >= 0.3 is 39.5 Å². The largest absolute Gasteiger partial charge is 0.472 e. The van der Waals surface area contributed by atoms with Crippen molar-refractivity contribution >= 4 is 39.5 Å². The third-order valence-corrected chi connectivity index (χ3v) is 18.0. The summed E-state index contributed by atoms with van der Waals surface area (Å²) in [5.41, 5.74) is 0. The maximum absolute atomic E-state index is 13.1. The number of hydrogen-bond acceptors (Lipinski definition) is 15. The summed E-state index contributed by atoms with van der Waals surface area (Å²) in [5.74, 6) is -2.32. The van der Waals surface area contributed by atoms with Crippen molar-refractivity contribution in [2.75, 3.05) is 39.6 Å². The molecule has 0 aliphatic rings. The van der Waals surface area contributed by atoms with Crippen LogP contribution >= 0.6 is 15.6 Å². The van der Waals surface area contributed by atoms with Crippen LogP contribution in [0, 0.1) is 0 Å². The van der Waals surface area contributed by atoms with Crippen LogP contribution in [0.15, 0.2) is 97.2 Å². The van der Waals surface area contributed by atoms with Crippen LogP contribution in [-0.4, -0.2) is 96.7 Å². The van der Waals surface area contributed by atoms with E-state index in [1.807, 2.05) is 18.2 Å². The molecule has 0 aliphatic heterocycles. The minimum atomic E-state index is -4.99. The summed E-state index contributed by atoms with van der Waals surface area (Å²) in [7, 11) is -9.97. The molecule has 0 rings (SSSR count). The second-order valence-corrected chi connectivity index (χ2v) is 28.5. The summed E-state index contributed by atoms with van der Waals surface area (Å²) in [5, 5.41) is 10.6. The van der Waals surface area contributed by atoms with E-state index >= 15 is 0 Å². The Bertz CT molecular complexity index is 2240. The SMILES string of the molecule is CC/C=C\C/C=C\C/C=C\C/C=C\C/C=C\CC(=O)OCC(COP(=O)(O)OCC(O)COP(=O)(O)OCC(COC(=O)CCCCCCC/C=C\C/C=C\C/C=C\CC)OC(=O)CCCCCCCCCCCCCCCCC)OC(=O)CCCCCCCCCCCCCCC. The van der Waals surface area contributed by atoms with Crippen molar-refractivity contribution in [3.8, 4) is 0 Å². The fourth-order valence-corrected chi connectivity index (χ4v) is 11.9. The first-order chi connectivity index (χ1) is 47.7. The van der Waals surface area contributed by atoms with Crippen LogP contribution in [0.4, 0.5) is 0 Å². The van der Waals surface area contributed by atoms with E-state index in [2.05, 4.69) is 101 Å². The highest BCUT2D eigenvalue weighted by Gasteiger charge is 2.30. The first-order valence-corrected chi connectivity index (χ1v) is 41.5. The summed E-state index contributed by atoms with van der Waals surface area (Å²) >= 11 is 0. The van der Waals surface area contributed by atoms with Crippen molar-refractivity contribution in [3.05, 3.63) is 97.2 Å². The Morgan fingerprint density at radius 3 is 0.908 bits per heavy atom. The highest BCUT2D eigenvalue weighted by atomic mass is 31.2. The molecule has 0 aliphatic carbocycles. The molecule has 98 heavy (non-hydrogen) atoms. The van der Waals surface area contributed by atoms with Crippen LogP contribution in [0.5, 0.6) is 0 Å². The van der Waals surface area contributed by atoms with Crippen LogP contribution in [0.2, 0.25) is 0 Å². The Labute approximate surface area is 595 Å². The highest BCUT2D eigenvalue weighted by Crippen LogP contribution is 2.45. The lowest BCUT2D eigenvalue weighted by atomic mass is 10.0. The Morgan fingerprint density at radius 1 is 0.306 bits per heavy atom. The van der Waals surface area contributed by atoms with Gasteiger partial charge in [-0.3, -0.25) is 37.3 Å². The van der Waals surface area contributed by atoms with Crippen molar-refractivity contribution in [1.82, 2.24) is 0 Å². The number of ether oxygens (including phenoxy) is 4. The number of allylic oxidation sites excluding steroid dienone is 15. The maximum Gasteiger partial charge on any atom is 0.472 e. The molecule has 17 nitrogen and oxygen atoms in total. The van der Waals surface area contributed by atoms with Gasteiger partial charge in [0.05, 0.1) is 32.8 Å². The molecule has 0 aromatic rings. The Balaban J connectivity index is 5.40. The molecule has 0 bridgehead atoms. The van der Waals surface area contributed by atoms with E-state index in [4.69, 9.17) is 37.0 Å². The zero-order valence-corrected chi connectivity index (χ0v) is 63.5. The van der Waals surface area contributed by atoms with Crippen molar-refractivity contribution in [2.24, 2.45) is 0 Å². The number of phosphoric ester groups is 2. The minimum absolute atomic E-state index is 0.0685. The number of unbranched alkanes of at least 4 members (excludes halogenated alkanes) is 31. The number of carbonyl (C=O) groups excluding carboxylic acids is 4. The van der Waals surface area contributed by atoms with Gasteiger partial charge in [0.2, 0.25) is 0 Å². The second kappa shape index (κ2) is 71.4. The number of phosphoric acid groups is 2. The van der Waals surface area contributed by atoms with Crippen LogP contribution in [0.3, 0.4) is 0 Å². The van der Waals surface area contributed by atoms with Gasteiger partial charge in [0.15, 0.2) is 12.2 Å². The molecule has 19 heteroatoms. The van der Waals surface area contributed by atoms with Gasteiger partial charge in [-0.05, 0) is 83.5 Å². The molecule has 0 radical (unpaired) electrons. The molecular formula is C79H138O17P2. The molecule has 0 spiro atoms. The molecule has 3 N–H and O–H groups in total. The molecule has 0 amide bonds. The van der Waals surface area contributed by atoms with Crippen LogP contribution in [0.25, 0.3) is 0 Å². The fourth-order valence-electron chi connectivity index (χ4n) is 10.3. The molecule has 0 heterocycles. The number of esters is 4. The summed E-state index contributed by atoms with van der Waals surface area (Å²) < 4.78 is 68.4. The topological polar surface area (TPSA) is 237 Å². The maximum atomic E-state index is 13.1. The predicted octanol–water partition coefficient (Wildman–Crippen LogP) is 22.0. The molecule has 0 fully saturated rings. The third-order valence-electron chi connectivity index (χ3n) is 16.1. The Morgan fingerprint density at radius 2 is 0.571 bits per heavy atom. The van der Waals surface area contributed by atoms with E-state index in [0.717, 1.165) is 128 Å². The van der Waals surface area contributed by atoms with E-state index < -0.39 is 97.5 Å². The number of aliphatic hydroxyl groups excluding tert-OH is 1. The van der Waals surface area contributed by atoms with E-state index in [1.165, 1.54) is 116 Å². The third kappa shape index (κ3) is 70.4. The lowest BCUT2D eigenvalue weighted by Crippen LogP contribution is -2.30. The zero-order valence-electron chi connectivity index (χ0n) is 61.7. The average molecular weight is 1420 g/mol.